The Morgan fingerprint density at radius 1 is 1.00 bits per heavy atom. The molecule has 1 rings (SSSR count). The van der Waals surface area contributed by atoms with Crippen molar-refractivity contribution in [2.75, 3.05) is 32.7 Å². The van der Waals surface area contributed by atoms with E-state index in [1.807, 2.05) is 30.3 Å². The highest BCUT2D eigenvalue weighted by atomic mass is 35.6. The van der Waals surface area contributed by atoms with E-state index in [1.54, 1.807) is 0 Å². The molecule has 0 amide bonds. The van der Waals surface area contributed by atoms with Crippen molar-refractivity contribution in [2.45, 2.75) is 37.0 Å². The molecule has 0 aliphatic carbocycles. The summed E-state index contributed by atoms with van der Waals surface area (Å²) in [6, 6.07) is 9.59. The molecule has 1 N–H and O–H groups in total. The average Bonchev–Trinajstić information content (AvgIpc) is 2.51. The molecule has 1 aromatic carbocycles. The van der Waals surface area contributed by atoms with Gasteiger partial charge in [0.05, 0.1) is 32.2 Å². The number of hydrogen-bond acceptors (Lipinski definition) is 1. The van der Waals surface area contributed by atoms with Crippen molar-refractivity contribution in [1.29, 1.82) is 0 Å². The molecule has 0 saturated heterocycles. The maximum Gasteiger partial charge on any atom is 0.209 e. The van der Waals surface area contributed by atoms with Gasteiger partial charge in [0.2, 0.25) is 3.79 Å². The van der Waals surface area contributed by atoms with Gasteiger partial charge in [-0.1, -0.05) is 65.1 Å². The van der Waals surface area contributed by atoms with E-state index in [0.717, 1.165) is 29.6 Å². The normalized spacial score (nSPS) is 12.9. The Hall–Kier alpha value is 0.590. The van der Waals surface area contributed by atoms with E-state index in [4.69, 9.17) is 34.8 Å². The van der Waals surface area contributed by atoms with Gasteiger partial charge in [-0.15, -0.1) is 12.4 Å². The molecule has 0 radical (unpaired) electrons. The summed E-state index contributed by atoms with van der Waals surface area (Å²) in [5, 5.41) is 3.42. The summed E-state index contributed by atoms with van der Waals surface area (Å²) < 4.78 is -0.209. The Bertz CT molecular complexity index is 410. The fourth-order valence-electron chi connectivity index (χ4n) is 2.87. The largest absolute Gasteiger partial charge is 1.00 e. The zero-order chi connectivity index (χ0) is 16.6. The standard InChI is InChI=1S/C17H28Cl3N2.2ClH/c1-4-22(5-2,6-3)14-10-13-21-16(17(18,19)20)15-11-8-7-9-12-15;;/h7-9,11-12,16,21H,4-6,10,13-14H2,1-3H3;2*1H/q+1;;/p-1. The molecule has 7 heteroatoms. The first kappa shape index (κ1) is 26.8. The first-order valence-electron chi connectivity index (χ1n) is 8.08. The number of nitrogens with zero attached hydrogens (tertiary/aromatic N) is 1. The van der Waals surface area contributed by atoms with Crippen LogP contribution in [0.5, 0.6) is 0 Å². The molecule has 0 spiro atoms. The predicted molar refractivity (Wildman–Crippen MR) is 106 cm³/mol. The number of halogens is 5. The van der Waals surface area contributed by atoms with Crippen LogP contribution in [0.2, 0.25) is 0 Å². The first-order chi connectivity index (χ1) is 10.4. The maximum absolute atomic E-state index is 6.15. The summed E-state index contributed by atoms with van der Waals surface area (Å²) in [6.07, 6.45) is 1.07. The van der Waals surface area contributed by atoms with E-state index in [1.165, 1.54) is 19.6 Å². The van der Waals surface area contributed by atoms with Crippen LogP contribution in [0.3, 0.4) is 0 Å². The van der Waals surface area contributed by atoms with Crippen LogP contribution in [0.4, 0.5) is 0 Å². The van der Waals surface area contributed by atoms with E-state index >= 15 is 0 Å². The van der Waals surface area contributed by atoms with Gasteiger partial charge in [0, 0.05) is 13.0 Å². The van der Waals surface area contributed by atoms with Crippen LogP contribution in [0, 0.1) is 0 Å². The van der Waals surface area contributed by atoms with Gasteiger partial charge in [0.25, 0.3) is 0 Å². The molecule has 0 fully saturated rings. The third-order valence-electron chi connectivity index (χ3n) is 4.63. The highest BCUT2D eigenvalue weighted by Gasteiger charge is 2.33. The number of alkyl halides is 3. The molecule has 0 aromatic heterocycles. The van der Waals surface area contributed by atoms with Gasteiger partial charge in [-0.05, 0) is 26.3 Å². The van der Waals surface area contributed by atoms with E-state index in [2.05, 4.69) is 26.1 Å². The van der Waals surface area contributed by atoms with E-state index < -0.39 is 3.79 Å². The van der Waals surface area contributed by atoms with Crippen molar-refractivity contribution in [3.05, 3.63) is 35.9 Å². The molecule has 0 bridgehead atoms. The highest BCUT2D eigenvalue weighted by Crippen LogP contribution is 2.39. The second-order valence-corrected chi connectivity index (χ2v) is 8.08. The van der Waals surface area contributed by atoms with Crippen molar-refractivity contribution < 1.29 is 16.9 Å². The lowest BCUT2D eigenvalue weighted by Gasteiger charge is -2.36. The quantitative estimate of drug-likeness (QED) is 0.355. The van der Waals surface area contributed by atoms with Crippen LogP contribution in [0.1, 0.15) is 38.8 Å². The molecule has 0 aliphatic rings. The fourth-order valence-corrected chi connectivity index (χ4v) is 3.48. The maximum atomic E-state index is 6.15. The smallest absolute Gasteiger partial charge is 0.209 e. The molecule has 0 saturated carbocycles. The third kappa shape index (κ3) is 8.31. The topological polar surface area (TPSA) is 12.0 Å². The fraction of sp³-hybridized carbons (Fsp3) is 0.647. The summed E-state index contributed by atoms with van der Waals surface area (Å²) >= 11 is 18.4. The molecule has 24 heavy (non-hydrogen) atoms. The summed E-state index contributed by atoms with van der Waals surface area (Å²) in [4.78, 5) is 0. The molecule has 0 aliphatic heterocycles. The van der Waals surface area contributed by atoms with Gasteiger partial charge in [0.15, 0.2) is 0 Å². The molecule has 2 nitrogen and oxygen atoms in total. The Kier molecular flexibility index (Phi) is 14.4. The summed E-state index contributed by atoms with van der Waals surface area (Å²) in [7, 11) is 0. The Morgan fingerprint density at radius 3 is 1.92 bits per heavy atom. The Balaban J connectivity index is 0. The third-order valence-corrected chi connectivity index (χ3v) is 5.29. The van der Waals surface area contributed by atoms with Gasteiger partial charge < -0.3 is 22.2 Å². The Labute approximate surface area is 174 Å². The molecule has 0 heterocycles. The SMILES string of the molecule is CC[N+](CC)(CC)CCCNC(c1ccccc1)C(Cl)(Cl)Cl.Cl.[Cl-]. The molecule has 1 unspecified atom stereocenters. The summed E-state index contributed by atoms with van der Waals surface area (Å²) in [5.41, 5.74) is 1.00. The lowest BCUT2D eigenvalue weighted by molar-refractivity contribution is -0.923. The number of hydrogen-bond donors (Lipinski definition) is 1. The lowest BCUT2D eigenvalue weighted by atomic mass is 10.1. The molecule has 1 atom stereocenters. The van der Waals surface area contributed by atoms with Crippen LogP contribution in [0.15, 0.2) is 30.3 Å². The van der Waals surface area contributed by atoms with Crippen molar-refractivity contribution in [2.24, 2.45) is 0 Å². The number of rotatable bonds is 9. The zero-order valence-corrected chi connectivity index (χ0v) is 18.4. The summed E-state index contributed by atoms with van der Waals surface area (Å²) in [5.74, 6) is 0. The van der Waals surface area contributed by atoms with Gasteiger partial charge in [-0.3, -0.25) is 0 Å². The van der Waals surface area contributed by atoms with Crippen molar-refractivity contribution in [3.8, 4) is 0 Å². The second kappa shape index (κ2) is 12.9. The molecular formula is C17H29Cl5N2. The van der Waals surface area contributed by atoms with Crippen LogP contribution < -0.4 is 17.7 Å². The lowest BCUT2D eigenvalue weighted by Crippen LogP contribution is -3.00. The van der Waals surface area contributed by atoms with Crippen molar-refractivity contribution in [3.63, 3.8) is 0 Å². The second-order valence-electron chi connectivity index (χ2n) is 5.71. The minimum atomic E-state index is -1.35. The van der Waals surface area contributed by atoms with Crippen LogP contribution in [-0.2, 0) is 0 Å². The van der Waals surface area contributed by atoms with E-state index in [-0.39, 0.29) is 30.9 Å². The number of nitrogens with one attached hydrogen (secondary N) is 1. The monoisotopic (exact) mass is 436 g/mol. The summed E-state index contributed by atoms with van der Waals surface area (Å²) in [6.45, 7) is 12.3. The minimum Gasteiger partial charge on any atom is -1.00 e. The van der Waals surface area contributed by atoms with E-state index in [9.17, 15) is 0 Å². The molecule has 1 aromatic rings. The van der Waals surface area contributed by atoms with Crippen LogP contribution in [0.25, 0.3) is 0 Å². The molecule has 142 valence electrons. The number of quaternary nitrogens is 1. The minimum absolute atomic E-state index is 0. The average molecular weight is 439 g/mol. The van der Waals surface area contributed by atoms with Gasteiger partial charge in [0.1, 0.15) is 0 Å². The van der Waals surface area contributed by atoms with E-state index in [0.29, 0.717) is 0 Å². The van der Waals surface area contributed by atoms with Gasteiger partial charge in [-0.2, -0.15) is 0 Å². The zero-order valence-electron chi connectivity index (χ0n) is 14.6. The Morgan fingerprint density at radius 2 is 1.50 bits per heavy atom. The van der Waals surface area contributed by atoms with Crippen LogP contribution >= 0.6 is 47.2 Å². The molecular weight excluding hydrogens is 409 g/mol. The predicted octanol–water partition coefficient (Wildman–Crippen LogP) is 2.38. The first-order valence-corrected chi connectivity index (χ1v) is 9.22. The van der Waals surface area contributed by atoms with Crippen LogP contribution in [-0.4, -0.2) is 41.0 Å². The van der Waals surface area contributed by atoms with Crippen molar-refractivity contribution >= 4 is 47.2 Å². The number of benzene rings is 1. The van der Waals surface area contributed by atoms with Crippen molar-refractivity contribution in [1.82, 2.24) is 5.32 Å². The van der Waals surface area contributed by atoms with Gasteiger partial charge >= 0.3 is 0 Å². The highest BCUT2D eigenvalue weighted by molar-refractivity contribution is 6.68. The van der Waals surface area contributed by atoms with Gasteiger partial charge in [-0.25, -0.2) is 0 Å².